The van der Waals surface area contributed by atoms with Crippen molar-refractivity contribution < 1.29 is 24.0 Å². The Morgan fingerprint density at radius 3 is 2.23 bits per heavy atom. The fraction of sp³-hybridized carbons (Fsp3) is 0.118. The number of ether oxygens (including phenoxy) is 1. The van der Waals surface area contributed by atoms with Crippen molar-refractivity contribution in [3.8, 4) is 0 Å². The Balaban J connectivity index is 2.07. The minimum Gasteiger partial charge on any atom is -0.462 e. The van der Waals surface area contributed by atoms with E-state index in [2.05, 4.69) is 10.6 Å². The lowest BCUT2D eigenvalue weighted by Gasteiger charge is -2.10. The van der Waals surface area contributed by atoms with Gasteiger partial charge in [0.2, 0.25) is 0 Å². The van der Waals surface area contributed by atoms with Crippen LogP contribution in [0.3, 0.4) is 0 Å². The van der Waals surface area contributed by atoms with Crippen LogP contribution in [-0.4, -0.2) is 29.3 Å². The molecule has 0 fully saturated rings. The average Bonchev–Trinajstić information content (AvgIpc) is 2.62. The second-order valence-electron chi connectivity index (χ2n) is 4.98. The van der Waals surface area contributed by atoms with E-state index < -0.39 is 22.7 Å². The quantitative estimate of drug-likeness (QED) is 0.366. The molecule has 2 amide bonds. The number of carbonyl (C=O) groups excluding carboxylic acids is 3. The first-order valence-electron chi connectivity index (χ1n) is 7.55. The molecule has 0 saturated carbocycles. The van der Waals surface area contributed by atoms with Gasteiger partial charge in [-0.15, -0.1) is 0 Å². The van der Waals surface area contributed by atoms with Gasteiger partial charge in [-0.05, 0) is 31.2 Å². The molecule has 0 unspecified atom stereocenters. The number of benzene rings is 2. The zero-order valence-corrected chi connectivity index (χ0v) is 13.7. The number of nitro benzene ring substituents is 1. The molecule has 0 aliphatic carbocycles. The maximum Gasteiger partial charge on any atom is 0.340 e. The third-order valence-electron chi connectivity index (χ3n) is 3.21. The molecule has 0 aromatic heterocycles. The fourth-order valence-electron chi connectivity index (χ4n) is 2.01. The van der Waals surface area contributed by atoms with Crippen molar-refractivity contribution in [1.29, 1.82) is 0 Å². The van der Waals surface area contributed by atoms with Gasteiger partial charge in [-0.1, -0.05) is 12.1 Å². The van der Waals surface area contributed by atoms with Crippen LogP contribution in [0, 0.1) is 10.1 Å². The van der Waals surface area contributed by atoms with Gasteiger partial charge in [0.1, 0.15) is 0 Å². The second-order valence-corrected chi connectivity index (χ2v) is 4.98. The highest BCUT2D eigenvalue weighted by atomic mass is 16.6. The highest BCUT2D eigenvalue weighted by Gasteiger charge is 2.18. The fourth-order valence-corrected chi connectivity index (χ4v) is 2.01. The minimum absolute atomic E-state index is 0.117. The molecule has 0 aliphatic rings. The van der Waals surface area contributed by atoms with Gasteiger partial charge in [-0.2, -0.15) is 0 Å². The number of esters is 1. The Kier molecular flexibility index (Phi) is 5.99. The van der Waals surface area contributed by atoms with E-state index in [1.165, 1.54) is 36.4 Å². The summed E-state index contributed by atoms with van der Waals surface area (Å²) in [5.74, 6) is -2.61. The second kappa shape index (κ2) is 8.38. The lowest BCUT2D eigenvalue weighted by Crippen LogP contribution is -2.29. The van der Waals surface area contributed by atoms with Gasteiger partial charge in [0.15, 0.2) is 0 Å². The van der Waals surface area contributed by atoms with Crippen LogP contribution in [0.25, 0.3) is 0 Å². The van der Waals surface area contributed by atoms with Crippen LogP contribution in [0.2, 0.25) is 0 Å². The van der Waals surface area contributed by atoms with Crippen LogP contribution < -0.4 is 10.6 Å². The lowest BCUT2D eigenvalue weighted by molar-refractivity contribution is -0.384. The number of amides is 2. The molecule has 26 heavy (non-hydrogen) atoms. The summed E-state index contributed by atoms with van der Waals surface area (Å²) in [5, 5.41) is 15.2. The number of hydrogen-bond acceptors (Lipinski definition) is 6. The molecule has 9 heteroatoms. The Labute approximate surface area is 148 Å². The standard InChI is InChI=1S/C17H15N3O6/c1-2-26-17(23)13-5-3-4-6-14(13)19-16(22)15(21)18-11-7-9-12(10-8-11)20(24)25/h3-10H,2H2,1H3,(H,18,21)(H,19,22). The number of nitrogens with zero attached hydrogens (tertiary/aromatic N) is 1. The molecule has 134 valence electrons. The van der Waals surface area contributed by atoms with Crippen molar-refractivity contribution in [2.75, 3.05) is 17.2 Å². The van der Waals surface area contributed by atoms with Crippen molar-refractivity contribution in [3.63, 3.8) is 0 Å². The molecule has 0 saturated heterocycles. The summed E-state index contributed by atoms with van der Waals surface area (Å²) in [5.41, 5.74) is 0.325. The molecule has 9 nitrogen and oxygen atoms in total. The van der Waals surface area contributed by atoms with E-state index in [0.717, 1.165) is 0 Å². The van der Waals surface area contributed by atoms with Gasteiger partial charge in [0.05, 0.1) is 22.8 Å². The van der Waals surface area contributed by atoms with E-state index in [1.807, 2.05) is 0 Å². The Morgan fingerprint density at radius 2 is 1.62 bits per heavy atom. The van der Waals surface area contributed by atoms with E-state index in [4.69, 9.17) is 4.74 Å². The molecule has 2 rings (SSSR count). The van der Waals surface area contributed by atoms with E-state index in [0.29, 0.717) is 0 Å². The molecular weight excluding hydrogens is 342 g/mol. The number of carbonyl (C=O) groups is 3. The molecule has 0 radical (unpaired) electrons. The summed E-state index contributed by atoms with van der Waals surface area (Å²) in [6.45, 7) is 1.82. The Morgan fingerprint density at radius 1 is 1.00 bits per heavy atom. The SMILES string of the molecule is CCOC(=O)c1ccccc1NC(=O)C(=O)Nc1ccc([N+](=O)[O-])cc1. The molecule has 0 aliphatic heterocycles. The van der Waals surface area contributed by atoms with Crippen LogP contribution in [0.1, 0.15) is 17.3 Å². The van der Waals surface area contributed by atoms with Gasteiger partial charge >= 0.3 is 17.8 Å². The van der Waals surface area contributed by atoms with Gasteiger partial charge in [-0.3, -0.25) is 19.7 Å². The predicted molar refractivity (Wildman–Crippen MR) is 92.8 cm³/mol. The lowest BCUT2D eigenvalue weighted by atomic mass is 10.2. The van der Waals surface area contributed by atoms with Crippen LogP contribution in [-0.2, 0) is 14.3 Å². The number of para-hydroxylation sites is 1. The zero-order valence-electron chi connectivity index (χ0n) is 13.7. The average molecular weight is 357 g/mol. The van der Waals surface area contributed by atoms with Crippen molar-refractivity contribution in [2.24, 2.45) is 0 Å². The predicted octanol–water partition coefficient (Wildman–Crippen LogP) is 2.35. The summed E-state index contributed by atoms with van der Waals surface area (Å²) >= 11 is 0. The largest absolute Gasteiger partial charge is 0.462 e. The highest BCUT2D eigenvalue weighted by Crippen LogP contribution is 2.17. The number of nitrogens with one attached hydrogen (secondary N) is 2. The summed E-state index contributed by atoms with van der Waals surface area (Å²) < 4.78 is 4.89. The van der Waals surface area contributed by atoms with Gasteiger partial charge in [0.25, 0.3) is 5.69 Å². The van der Waals surface area contributed by atoms with Gasteiger partial charge in [0, 0.05) is 17.8 Å². The van der Waals surface area contributed by atoms with Crippen molar-refractivity contribution in [1.82, 2.24) is 0 Å². The van der Waals surface area contributed by atoms with Crippen molar-refractivity contribution >= 4 is 34.8 Å². The molecule has 0 heterocycles. The molecule has 0 bridgehead atoms. The first kappa shape index (κ1) is 18.6. The van der Waals surface area contributed by atoms with Crippen LogP contribution in [0.5, 0.6) is 0 Å². The molecule has 0 atom stereocenters. The normalized spacial score (nSPS) is 9.88. The maximum atomic E-state index is 12.0. The molecule has 2 N–H and O–H groups in total. The summed E-state index contributed by atoms with van der Waals surface area (Å²) in [7, 11) is 0. The first-order valence-corrected chi connectivity index (χ1v) is 7.55. The Hall–Kier alpha value is -3.75. The number of nitro groups is 1. The summed E-state index contributed by atoms with van der Waals surface area (Å²) in [6.07, 6.45) is 0. The maximum absolute atomic E-state index is 12.0. The molecule has 2 aromatic carbocycles. The minimum atomic E-state index is -1.000. The first-order chi connectivity index (χ1) is 12.4. The van der Waals surface area contributed by atoms with E-state index in [9.17, 15) is 24.5 Å². The van der Waals surface area contributed by atoms with E-state index in [1.54, 1.807) is 19.1 Å². The number of rotatable bonds is 5. The third-order valence-corrected chi connectivity index (χ3v) is 3.21. The van der Waals surface area contributed by atoms with Crippen LogP contribution in [0.15, 0.2) is 48.5 Å². The van der Waals surface area contributed by atoms with Crippen LogP contribution >= 0.6 is 0 Å². The molecular formula is C17H15N3O6. The topological polar surface area (TPSA) is 128 Å². The van der Waals surface area contributed by atoms with Gasteiger partial charge in [-0.25, -0.2) is 4.79 Å². The summed E-state index contributed by atoms with van der Waals surface area (Å²) in [6, 6.07) is 11.1. The third kappa shape index (κ3) is 4.63. The number of hydrogen-bond donors (Lipinski definition) is 2. The number of anilines is 2. The Bertz CT molecular complexity index is 848. The van der Waals surface area contributed by atoms with Crippen molar-refractivity contribution in [3.05, 3.63) is 64.2 Å². The molecule has 0 spiro atoms. The number of non-ortho nitro benzene ring substituents is 1. The van der Waals surface area contributed by atoms with E-state index >= 15 is 0 Å². The molecule has 2 aromatic rings. The monoisotopic (exact) mass is 357 g/mol. The summed E-state index contributed by atoms with van der Waals surface area (Å²) in [4.78, 5) is 45.9. The highest BCUT2D eigenvalue weighted by molar-refractivity contribution is 6.43. The van der Waals surface area contributed by atoms with Gasteiger partial charge < -0.3 is 15.4 Å². The smallest absolute Gasteiger partial charge is 0.340 e. The van der Waals surface area contributed by atoms with Crippen molar-refractivity contribution in [2.45, 2.75) is 6.92 Å². The van der Waals surface area contributed by atoms with Crippen LogP contribution in [0.4, 0.5) is 17.1 Å². The zero-order chi connectivity index (χ0) is 19.1. The van der Waals surface area contributed by atoms with E-state index in [-0.39, 0.29) is 29.2 Å².